The molecule has 21 heavy (non-hydrogen) atoms. The van der Waals surface area contributed by atoms with Gasteiger partial charge in [-0.2, -0.15) is 4.37 Å². The van der Waals surface area contributed by atoms with Gasteiger partial charge < -0.3 is 5.11 Å². The lowest BCUT2D eigenvalue weighted by Crippen LogP contribution is -2.12. The fraction of sp³-hybridized carbons (Fsp3) is 0.0769. The number of halogens is 1. The highest BCUT2D eigenvalue weighted by atomic mass is 32.1. The van der Waals surface area contributed by atoms with Gasteiger partial charge in [0.05, 0.1) is 0 Å². The highest BCUT2D eigenvalue weighted by Crippen LogP contribution is 2.15. The third-order valence-corrected chi connectivity index (χ3v) is 3.14. The summed E-state index contributed by atoms with van der Waals surface area (Å²) in [5, 5.41) is 11.3. The lowest BCUT2D eigenvalue weighted by molar-refractivity contribution is -0.131. The molecule has 8 heteroatoms. The number of carboxylic acid groups (broad SMARTS) is 1. The topological polar surface area (TPSA) is 92.2 Å². The second-order valence-corrected chi connectivity index (χ2v) is 4.76. The molecular weight excluding hydrogens is 297 g/mol. The summed E-state index contributed by atoms with van der Waals surface area (Å²) in [6.45, 7) is 1.69. The van der Waals surface area contributed by atoms with Gasteiger partial charge in [0.15, 0.2) is 0 Å². The summed E-state index contributed by atoms with van der Waals surface area (Å²) in [7, 11) is 0. The number of anilines is 1. The van der Waals surface area contributed by atoms with E-state index in [-0.39, 0.29) is 11.1 Å². The Morgan fingerprint density at radius 3 is 2.76 bits per heavy atom. The second-order valence-electron chi connectivity index (χ2n) is 4.01. The lowest BCUT2D eigenvalue weighted by atomic mass is 10.1. The third kappa shape index (κ3) is 3.93. The zero-order chi connectivity index (χ0) is 15.4. The van der Waals surface area contributed by atoms with Crippen molar-refractivity contribution in [3.05, 3.63) is 47.0 Å². The lowest BCUT2D eigenvalue weighted by Gasteiger charge is -2.03. The van der Waals surface area contributed by atoms with Crippen LogP contribution in [0.15, 0.2) is 24.3 Å². The van der Waals surface area contributed by atoms with Gasteiger partial charge in [-0.3, -0.25) is 10.1 Å². The molecule has 0 aliphatic carbocycles. The highest BCUT2D eigenvalue weighted by molar-refractivity contribution is 7.09. The van der Waals surface area contributed by atoms with Crippen LogP contribution in [-0.2, 0) is 4.79 Å². The smallest absolute Gasteiger partial charge is 0.328 e. The number of aryl methyl sites for hydroxylation is 1. The largest absolute Gasteiger partial charge is 0.478 e. The van der Waals surface area contributed by atoms with Crippen molar-refractivity contribution in [2.75, 3.05) is 5.32 Å². The second kappa shape index (κ2) is 6.23. The fourth-order valence-electron chi connectivity index (χ4n) is 1.48. The number of aromatic nitrogens is 2. The Balaban J connectivity index is 2.15. The zero-order valence-corrected chi connectivity index (χ0v) is 11.6. The standard InChI is InChI=1S/C13H10FN3O3S/c1-7-15-13(21-17-7)16-12(20)9-3-2-8(10(14)6-9)4-5-11(18)19/h2-6H,1H3,(H,18,19)(H,15,16,17,20)/b5-4+. The maximum Gasteiger partial charge on any atom is 0.328 e. The van der Waals surface area contributed by atoms with Gasteiger partial charge in [-0.25, -0.2) is 14.2 Å². The molecule has 0 saturated carbocycles. The van der Waals surface area contributed by atoms with Gasteiger partial charge >= 0.3 is 5.97 Å². The molecular formula is C13H10FN3O3S. The molecule has 0 fully saturated rings. The van der Waals surface area contributed by atoms with Crippen LogP contribution in [0, 0.1) is 12.7 Å². The molecule has 1 aromatic carbocycles. The van der Waals surface area contributed by atoms with Crippen molar-refractivity contribution in [1.29, 1.82) is 0 Å². The minimum Gasteiger partial charge on any atom is -0.478 e. The van der Waals surface area contributed by atoms with Crippen molar-refractivity contribution in [3.8, 4) is 0 Å². The van der Waals surface area contributed by atoms with E-state index in [2.05, 4.69) is 14.7 Å². The number of hydrogen-bond acceptors (Lipinski definition) is 5. The first-order chi connectivity index (χ1) is 9.95. The molecule has 0 aliphatic heterocycles. The molecule has 0 spiro atoms. The Labute approximate surface area is 123 Å². The number of rotatable bonds is 4. The average Bonchev–Trinajstić information content (AvgIpc) is 2.82. The Hall–Kier alpha value is -2.61. The molecule has 1 aromatic heterocycles. The van der Waals surface area contributed by atoms with Gasteiger partial charge in [0.25, 0.3) is 5.91 Å². The average molecular weight is 307 g/mol. The highest BCUT2D eigenvalue weighted by Gasteiger charge is 2.11. The number of carbonyl (C=O) groups excluding carboxylic acids is 1. The van der Waals surface area contributed by atoms with E-state index >= 15 is 0 Å². The predicted molar refractivity (Wildman–Crippen MR) is 75.7 cm³/mol. The molecule has 0 saturated heterocycles. The first-order valence-electron chi connectivity index (χ1n) is 5.78. The van der Waals surface area contributed by atoms with Crippen LogP contribution >= 0.6 is 11.5 Å². The van der Waals surface area contributed by atoms with Crippen LogP contribution in [0.5, 0.6) is 0 Å². The minimum atomic E-state index is -1.18. The van der Waals surface area contributed by atoms with Crippen molar-refractivity contribution >= 4 is 34.6 Å². The number of carbonyl (C=O) groups is 2. The fourth-order valence-corrected chi connectivity index (χ4v) is 2.05. The van der Waals surface area contributed by atoms with Crippen LogP contribution in [0.3, 0.4) is 0 Å². The number of nitrogens with zero attached hydrogens (tertiary/aromatic N) is 2. The van der Waals surface area contributed by atoms with E-state index in [0.29, 0.717) is 11.0 Å². The van der Waals surface area contributed by atoms with Crippen LogP contribution < -0.4 is 5.32 Å². The Bertz CT molecular complexity index is 727. The first-order valence-corrected chi connectivity index (χ1v) is 6.55. The van der Waals surface area contributed by atoms with Crippen molar-refractivity contribution in [3.63, 3.8) is 0 Å². The molecule has 6 nitrogen and oxygen atoms in total. The van der Waals surface area contributed by atoms with E-state index in [0.717, 1.165) is 29.8 Å². The van der Waals surface area contributed by atoms with Gasteiger partial charge in [-0.15, -0.1) is 0 Å². The molecule has 0 atom stereocenters. The van der Waals surface area contributed by atoms with Crippen molar-refractivity contribution in [2.24, 2.45) is 0 Å². The Morgan fingerprint density at radius 2 is 2.19 bits per heavy atom. The number of nitrogens with one attached hydrogen (secondary N) is 1. The van der Waals surface area contributed by atoms with Crippen LogP contribution in [0.1, 0.15) is 21.7 Å². The van der Waals surface area contributed by atoms with E-state index in [9.17, 15) is 14.0 Å². The number of hydrogen-bond donors (Lipinski definition) is 2. The monoisotopic (exact) mass is 307 g/mol. The molecule has 1 heterocycles. The summed E-state index contributed by atoms with van der Waals surface area (Å²) in [5.41, 5.74) is 0.188. The Morgan fingerprint density at radius 1 is 1.43 bits per heavy atom. The van der Waals surface area contributed by atoms with E-state index < -0.39 is 17.7 Å². The van der Waals surface area contributed by atoms with Gasteiger partial charge in [0, 0.05) is 28.7 Å². The normalized spacial score (nSPS) is 10.8. The predicted octanol–water partition coefficient (Wildman–Crippen LogP) is 2.34. The van der Waals surface area contributed by atoms with Gasteiger partial charge in [-0.1, -0.05) is 6.07 Å². The van der Waals surface area contributed by atoms with Crippen molar-refractivity contribution in [1.82, 2.24) is 9.36 Å². The number of aliphatic carboxylic acids is 1. The summed E-state index contributed by atoms with van der Waals surface area (Å²) < 4.78 is 17.7. The summed E-state index contributed by atoms with van der Waals surface area (Å²) in [6, 6.07) is 3.76. The van der Waals surface area contributed by atoms with Crippen LogP contribution in [0.2, 0.25) is 0 Å². The van der Waals surface area contributed by atoms with Gasteiger partial charge in [0.2, 0.25) is 5.13 Å². The first kappa shape index (κ1) is 14.8. The van der Waals surface area contributed by atoms with Crippen LogP contribution in [0.25, 0.3) is 6.08 Å². The molecule has 2 N–H and O–H groups in total. The van der Waals surface area contributed by atoms with Crippen molar-refractivity contribution < 1.29 is 19.1 Å². The van der Waals surface area contributed by atoms with Crippen molar-refractivity contribution in [2.45, 2.75) is 6.92 Å². The number of carboxylic acids is 1. The molecule has 0 radical (unpaired) electrons. The molecule has 0 aliphatic rings. The molecule has 1 amide bonds. The maximum absolute atomic E-state index is 13.8. The maximum atomic E-state index is 13.8. The van der Waals surface area contributed by atoms with E-state index in [1.165, 1.54) is 12.1 Å². The minimum absolute atomic E-state index is 0.0840. The van der Waals surface area contributed by atoms with Crippen LogP contribution in [0.4, 0.5) is 9.52 Å². The summed E-state index contributed by atoms with van der Waals surface area (Å²) in [6.07, 6.45) is 1.94. The quantitative estimate of drug-likeness (QED) is 0.846. The van der Waals surface area contributed by atoms with E-state index in [1.807, 2.05) is 0 Å². The molecule has 2 rings (SSSR count). The van der Waals surface area contributed by atoms with Gasteiger partial charge in [0.1, 0.15) is 11.6 Å². The van der Waals surface area contributed by atoms with E-state index in [4.69, 9.17) is 5.11 Å². The zero-order valence-electron chi connectivity index (χ0n) is 10.8. The molecule has 2 aromatic rings. The van der Waals surface area contributed by atoms with Gasteiger partial charge in [-0.05, 0) is 25.1 Å². The summed E-state index contributed by atoms with van der Waals surface area (Å²) in [4.78, 5) is 26.3. The molecule has 0 bridgehead atoms. The number of amides is 1. The molecule has 0 unspecified atom stereocenters. The van der Waals surface area contributed by atoms with Crippen LogP contribution in [-0.4, -0.2) is 26.3 Å². The molecule has 108 valence electrons. The third-order valence-electron chi connectivity index (χ3n) is 2.42. The summed E-state index contributed by atoms with van der Waals surface area (Å²) in [5.74, 6) is -1.84. The Kier molecular flexibility index (Phi) is 4.39. The number of benzene rings is 1. The summed E-state index contributed by atoms with van der Waals surface area (Å²) >= 11 is 1.03. The SMILES string of the molecule is Cc1nsc(NC(=O)c2ccc(/C=C/C(=O)O)c(F)c2)n1. The van der Waals surface area contributed by atoms with E-state index in [1.54, 1.807) is 6.92 Å².